The fourth-order valence-electron chi connectivity index (χ4n) is 1.94. The summed E-state index contributed by atoms with van der Waals surface area (Å²) >= 11 is 0. The molecular weight excluding hydrogens is 277 g/mol. The summed E-state index contributed by atoms with van der Waals surface area (Å²) in [6.45, 7) is 0.859. The van der Waals surface area contributed by atoms with E-state index in [1.54, 1.807) is 6.92 Å². The predicted molar refractivity (Wildman–Crippen MR) is 63.5 cm³/mol. The number of morpholine rings is 1. The normalized spacial score (nSPS) is 20.0. The lowest BCUT2D eigenvalue weighted by atomic mass is 10.2. The molecule has 1 fully saturated rings. The molecule has 20 heavy (non-hydrogen) atoms. The molecule has 5 nitrogen and oxygen atoms in total. The monoisotopic (exact) mass is 290 g/mol. The van der Waals surface area contributed by atoms with Crippen LogP contribution in [0.4, 0.5) is 13.2 Å². The number of aromatic amines is 1. The van der Waals surface area contributed by atoms with Crippen LogP contribution < -0.4 is 5.43 Å². The highest BCUT2D eigenvalue weighted by Crippen LogP contribution is 2.26. The van der Waals surface area contributed by atoms with Crippen LogP contribution in [0.15, 0.2) is 17.1 Å². The molecule has 1 N–H and O–H groups in total. The third-order valence-electron chi connectivity index (χ3n) is 3.01. The van der Waals surface area contributed by atoms with Gasteiger partial charge in [0.2, 0.25) is 0 Å². The van der Waals surface area contributed by atoms with Gasteiger partial charge in [-0.2, -0.15) is 13.2 Å². The number of nitrogens with zero attached hydrogens (tertiary/aromatic N) is 1. The molecule has 1 saturated heterocycles. The van der Waals surface area contributed by atoms with E-state index < -0.39 is 30.2 Å². The van der Waals surface area contributed by atoms with Gasteiger partial charge in [-0.15, -0.1) is 0 Å². The van der Waals surface area contributed by atoms with Gasteiger partial charge in [-0.1, -0.05) is 0 Å². The van der Waals surface area contributed by atoms with Crippen LogP contribution in [0, 0.1) is 6.92 Å². The second-order valence-corrected chi connectivity index (χ2v) is 4.55. The zero-order valence-corrected chi connectivity index (χ0v) is 10.7. The van der Waals surface area contributed by atoms with Gasteiger partial charge in [0.25, 0.3) is 5.91 Å². The number of halogens is 3. The Bertz CT molecular complexity index is 568. The van der Waals surface area contributed by atoms with Crippen molar-refractivity contribution in [3.8, 4) is 0 Å². The topological polar surface area (TPSA) is 62.4 Å². The van der Waals surface area contributed by atoms with Gasteiger partial charge in [0.15, 0.2) is 11.5 Å². The van der Waals surface area contributed by atoms with Crippen LogP contribution >= 0.6 is 0 Å². The summed E-state index contributed by atoms with van der Waals surface area (Å²) in [5.41, 5.74) is -0.110. The molecule has 1 atom stereocenters. The molecule has 0 saturated carbocycles. The van der Waals surface area contributed by atoms with E-state index in [4.69, 9.17) is 0 Å². The van der Waals surface area contributed by atoms with Crippen LogP contribution in [0.3, 0.4) is 0 Å². The largest absolute Gasteiger partial charge is 0.416 e. The lowest BCUT2D eigenvalue weighted by Gasteiger charge is -2.33. The number of hydrogen-bond donors (Lipinski definition) is 1. The van der Waals surface area contributed by atoms with E-state index in [0.29, 0.717) is 5.69 Å². The van der Waals surface area contributed by atoms with E-state index in [2.05, 4.69) is 9.72 Å². The van der Waals surface area contributed by atoms with Crippen LogP contribution in [-0.2, 0) is 4.74 Å². The zero-order valence-electron chi connectivity index (χ0n) is 10.7. The number of ether oxygens (including phenoxy) is 1. The highest BCUT2D eigenvalue weighted by atomic mass is 19.4. The summed E-state index contributed by atoms with van der Waals surface area (Å²) in [6, 6.07) is 1.23. The smallest absolute Gasteiger partial charge is 0.365 e. The highest BCUT2D eigenvalue weighted by Gasteiger charge is 2.44. The summed E-state index contributed by atoms with van der Waals surface area (Å²) in [4.78, 5) is 27.5. The number of aromatic nitrogens is 1. The summed E-state index contributed by atoms with van der Waals surface area (Å²) in [7, 11) is 0. The van der Waals surface area contributed by atoms with Crippen LogP contribution in [0.1, 0.15) is 16.1 Å². The Hall–Kier alpha value is -1.83. The molecule has 1 amide bonds. The van der Waals surface area contributed by atoms with E-state index >= 15 is 0 Å². The van der Waals surface area contributed by atoms with Gasteiger partial charge in [-0.3, -0.25) is 9.59 Å². The molecule has 2 rings (SSSR count). The molecule has 0 radical (unpaired) electrons. The minimum Gasteiger partial charge on any atom is -0.365 e. The lowest BCUT2D eigenvalue weighted by Crippen LogP contribution is -2.51. The number of alkyl halides is 3. The lowest BCUT2D eigenvalue weighted by molar-refractivity contribution is -0.233. The maximum Gasteiger partial charge on any atom is 0.416 e. The van der Waals surface area contributed by atoms with Gasteiger partial charge in [0.1, 0.15) is 5.56 Å². The molecule has 0 spiro atoms. The number of nitrogens with one attached hydrogen (secondary N) is 1. The minimum atomic E-state index is -4.53. The van der Waals surface area contributed by atoms with Gasteiger partial charge in [-0.05, 0) is 6.92 Å². The fourth-order valence-corrected chi connectivity index (χ4v) is 1.94. The van der Waals surface area contributed by atoms with Crippen molar-refractivity contribution in [2.45, 2.75) is 19.2 Å². The van der Waals surface area contributed by atoms with Gasteiger partial charge >= 0.3 is 6.18 Å². The molecule has 1 aliphatic heterocycles. The number of amides is 1. The first-order valence-electron chi connectivity index (χ1n) is 5.96. The SMILES string of the molecule is Cc1cc(=O)c(C(=O)N2CCOC(C(F)(F)F)C2)c[nH]1. The molecule has 1 aromatic heterocycles. The molecule has 1 unspecified atom stereocenters. The van der Waals surface area contributed by atoms with E-state index in [1.165, 1.54) is 12.3 Å². The first-order chi connectivity index (χ1) is 9.29. The highest BCUT2D eigenvalue weighted by molar-refractivity contribution is 5.93. The van der Waals surface area contributed by atoms with E-state index in [9.17, 15) is 22.8 Å². The number of rotatable bonds is 1. The Morgan fingerprint density at radius 2 is 2.20 bits per heavy atom. The minimum absolute atomic E-state index is 0.0265. The molecular formula is C12H13F3N2O3. The molecule has 2 heterocycles. The predicted octanol–water partition coefficient (Wildman–Crippen LogP) is 1.09. The van der Waals surface area contributed by atoms with Crippen molar-refractivity contribution in [2.24, 2.45) is 0 Å². The Balaban J connectivity index is 2.19. The van der Waals surface area contributed by atoms with Gasteiger partial charge in [-0.25, -0.2) is 0 Å². The summed E-state index contributed by atoms with van der Waals surface area (Å²) in [6.07, 6.45) is -5.32. The number of H-pyrrole nitrogens is 1. The average molecular weight is 290 g/mol. The van der Waals surface area contributed by atoms with Crippen molar-refractivity contribution in [3.05, 3.63) is 33.7 Å². The van der Waals surface area contributed by atoms with Crippen molar-refractivity contribution >= 4 is 5.91 Å². The van der Waals surface area contributed by atoms with Crippen LogP contribution in [0.5, 0.6) is 0 Å². The Labute approximate surface area is 112 Å². The number of pyridine rings is 1. The molecule has 1 aliphatic rings. The third kappa shape index (κ3) is 3.01. The van der Waals surface area contributed by atoms with Crippen LogP contribution in [0.2, 0.25) is 0 Å². The summed E-state index contributed by atoms with van der Waals surface area (Å²) in [5, 5.41) is 0. The quantitative estimate of drug-likeness (QED) is 0.842. The van der Waals surface area contributed by atoms with E-state index in [0.717, 1.165) is 4.90 Å². The summed E-state index contributed by atoms with van der Waals surface area (Å²) in [5.74, 6) is -0.719. The van der Waals surface area contributed by atoms with E-state index in [1.807, 2.05) is 0 Å². The Kier molecular flexibility index (Phi) is 3.85. The van der Waals surface area contributed by atoms with Crippen molar-refractivity contribution in [1.29, 1.82) is 0 Å². The van der Waals surface area contributed by atoms with Gasteiger partial charge in [0.05, 0.1) is 13.2 Å². The number of carbonyl (C=O) groups excluding carboxylic acids is 1. The summed E-state index contributed by atoms with van der Waals surface area (Å²) < 4.78 is 42.3. The van der Waals surface area contributed by atoms with Gasteiger partial charge in [0, 0.05) is 24.5 Å². The second kappa shape index (κ2) is 5.28. The molecule has 0 aromatic carbocycles. The first-order valence-corrected chi connectivity index (χ1v) is 5.96. The molecule has 1 aromatic rings. The molecule has 0 bridgehead atoms. The molecule has 110 valence electrons. The maximum absolute atomic E-state index is 12.6. The van der Waals surface area contributed by atoms with Crippen LogP contribution in [-0.4, -0.2) is 47.8 Å². The second-order valence-electron chi connectivity index (χ2n) is 4.55. The number of carbonyl (C=O) groups is 1. The van der Waals surface area contributed by atoms with Crippen LogP contribution in [0.25, 0.3) is 0 Å². The van der Waals surface area contributed by atoms with Crippen molar-refractivity contribution in [1.82, 2.24) is 9.88 Å². The standard InChI is InChI=1S/C12H13F3N2O3/c1-7-4-9(18)8(5-16-7)11(19)17-2-3-20-10(6-17)12(13,14)15/h4-5,10H,2-3,6H2,1H3,(H,16,18). The Morgan fingerprint density at radius 3 is 2.80 bits per heavy atom. The third-order valence-corrected chi connectivity index (χ3v) is 3.01. The maximum atomic E-state index is 12.6. The fraction of sp³-hybridized carbons (Fsp3) is 0.500. The number of hydrogen-bond acceptors (Lipinski definition) is 3. The molecule has 0 aliphatic carbocycles. The molecule has 8 heteroatoms. The zero-order chi connectivity index (χ0) is 14.9. The van der Waals surface area contributed by atoms with Gasteiger partial charge < -0.3 is 14.6 Å². The van der Waals surface area contributed by atoms with E-state index in [-0.39, 0.29) is 18.7 Å². The van der Waals surface area contributed by atoms with Crippen molar-refractivity contribution in [3.63, 3.8) is 0 Å². The van der Waals surface area contributed by atoms with Crippen molar-refractivity contribution < 1.29 is 22.7 Å². The first kappa shape index (κ1) is 14.6. The van der Waals surface area contributed by atoms with Crippen molar-refractivity contribution in [2.75, 3.05) is 19.7 Å². The average Bonchev–Trinajstić information content (AvgIpc) is 2.37. The number of aryl methyl sites for hydroxylation is 1. The Morgan fingerprint density at radius 1 is 1.50 bits per heavy atom.